The number of nitrogens with two attached hydrogens (primary N) is 1. The first-order valence-electron chi connectivity index (χ1n) is 7.58. The molecule has 2 N–H and O–H groups in total. The minimum absolute atomic E-state index is 0.818. The smallest absolute Gasteiger partial charge is 0.00772 e. The Bertz CT molecular complexity index is 333. The highest BCUT2D eigenvalue weighted by Crippen LogP contribution is 2.35. The molecule has 1 aromatic carbocycles. The molecule has 1 fully saturated rings. The molecule has 0 radical (unpaired) electrons. The van der Waals surface area contributed by atoms with Gasteiger partial charge in [-0.3, -0.25) is 0 Å². The van der Waals surface area contributed by atoms with Crippen LogP contribution >= 0.6 is 0 Å². The van der Waals surface area contributed by atoms with Crippen molar-refractivity contribution in [2.45, 2.75) is 57.8 Å². The van der Waals surface area contributed by atoms with Crippen LogP contribution in [0.3, 0.4) is 0 Å². The van der Waals surface area contributed by atoms with Crippen LogP contribution in [0.2, 0.25) is 0 Å². The van der Waals surface area contributed by atoms with E-state index in [1.54, 1.807) is 5.56 Å². The lowest BCUT2D eigenvalue weighted by atomic mass is 9.79. The summed E-state index contributed by atoms with van der Waals surface area (Å²) in [4.78, 5) is 0. The molecule has 1 heteroatoms. The van der Waals surface area contributed by atoms with Gasteiger partial charge in [-0.1, -0.05) is 44.0 Å². The Morgan fingerprint density at radius 1 is 1.00 bits per heavy atom. The summed E-state index contributed by atoms with van der Waals surface area (Å²) in [6, 6.07) is 9.37. The first kappa shape index (κ1) is 13.6. The van der Waals surface area contributed by atoms with Gasteiger partial charge in [0.25, 0.3) is 0 Å². The van der Waals surface area contributed by atoms with E-state index >= 15 is 0 Å². The molecule has 0 bridgehead atoms. The largest absolute Gasteiger partial charge is 0.330 e. The van der Waals surface area contributed by atoms with E-state index < -0.39 is 0 Å². The zero-order valence-corrected chi connectivity index (χ0v) is 11.7. The summed E-state index contributed by atoms with van der Waals surface area (Å²) in [5.41, 5.74) is 8.55. The van der Waals surface area contributed by atoms with Crippen LogP contribution in [-0.2, 0) is 6.42 Å². The average Bonchev–Trinajstić information content (AvgIpc) is 2.41. The van der Waals surface area contributed by atoms with E-state index in [4.69, 9.17) is 5.73 Å². The van der Waals surface area contributed by atoms with Crippen LogP contribution < -0.4 is 5.73 Å². The van der Waals surface area contributed by atoms with E-state index in [1.807, 2.05) is 0 Å². The molecular weight excluding hydrogens is 218 g/mol. The van der Waals surface area contributed by atoms with Crippen LogP contribution in [0.15, 0.2) is 24.3 Å². The number of rotatable bonds is 5. The molecule has 0 amide bonds. The molecule has 2 rings (SSSR count). The van der Waals surface area contributed by atoms with Gasteiger partial charge in [-0.15, -0.1) is 0 Å². The van der Waals surface area contributed by atoms with Crippen molar-refractivity contribution in [3.8, 4) is 0 Å². The highest BCUT2D eigenvalue weighted by molar-refractivity contribution is 5.25. The van der Waals surface area contributed by atoms with Crippen molar-refractivity contribution in [3.63, 3.8) is 0 Å². The van der Waals surface area contributed by atoms with Gasteiger partial charge in [0, 0.05) is 0 Å². The highest BCUT2D eigenvalue weighted by atomic mass is 14.5. The Morgan fingerprint density at radius 2 is 1.67 bits per heavy atom. The van der Waals surface area contributed by atoms with Gasteiger partial charge in [0.2, 0.25) is 0 Å². The van der Waals surface area contributed by atoms with Gasteiger partial charge in [-0.25, -0.2) is 0 Å². The molecule has 0 aromatic heterocycles. The van der Waals surface area contributed by atoms with Crippen molar-refractivity contribution in [2.75, 3.05) is 6.54 Å². The maximum absolute atomic E-state index is 5.53. The molecule has 0 unspecified atom stereocenters. The van der Waals surface area contributed by atoms with Crippen molar-refractivity contribution < 1.29 is 0 Å². The van der Waals surface area contributed by atoms with E-state index in [1.165, 1.54) is 44.1 Å². The van der Waals surface area contributed by atoms with Crippen LogP contribution in [0.4, 0.5) is 0 Å². The van der Waals surface area contributed by atoms with Crippen molar-refractivity contribution in [3.05, 3.63) is 35.4 Å². The second kappa shape index (κ2) is 6.94. The molecule has 1 aliphatic carbocycles. The zero-order chi connectivity index (χ0) is 12.8. The van der Waals surface area contributed by atoms with E-state index in [2.05, 4.69) is 31.2 Å². The van der Waals surface area contributed by atoms with Gasteiger partial charge in [0.1, 0.15) is 0 Å². The van der Waals surface area contributed by atoms with Gasteiger partial charge in [0.05, 0.1) is 0 Å². The first-order chi connectivity index (χ1) is 8.79. The summed E-state index contributed by atoms with van der Waals surface area (Å²) in [5.74, 6) is 1.76. The first-order valence-corrected chi connectivity index (χ1v) is 7.58. The summed E-state index contributed by atoms with van der Waals surface area (Å²) in [6.07, 6.45) is 9.12. The number of benzene rings is 1. The lowest BCUT2D eigenvalue weighted by Crippen LogP contribution is -2.10. The second-order valence-electron chi connectivity index (χ2n) is 5.94. The maximum Gasteiger partial charge on any atom is -0.00772 e. The summed E-state index contributed by atoms with van der Waals surface area (Å²) < 4.78 is 0. The molecule has 0 saturated heterocycles. The van der Waals surface area contributed by atoms with E-state index in [0.717, 1.165) is 24.8 Å². The van der Waals surface area contributed by atoms with Gasteiger partial charge in [0.15, 0.2) is 0 Å². The molecule has 0 spiro atoms. The van der Waals surface area contributed by atoms with Crippen LogP contribution in [0.1, 0.15) is 62.5 Å². The second-order valence-corrected chi connectivity index (χ2v) is 5.94. The van der Waals surface area contributed by atoms with Gasteiger partial charge in [-0.05, 0) is 61.6 Å². The third-order valence-electron chi connectivity index (χ3n) is 4.39. The van der Waals surface area contributed by atoms with Crippen LogP contribution in [0.25, 0.3) is 0 Å². The van der Waals surface area contributed by atoms with Crippen molar-refractivity contribution in [1.82, 2.24) is 0 Å². The summed E-state index contributed by atoms with van der Waals surface area (Å²) >= 11 is 0. The Hall–Kier alpha value is -0.820. The Labute approximate surface area is 112 Å². The number of hydrogen-bond acceptors (Lipinski definition) is 1. The number of hydrogen-bond donors (Lipinski definition) is 1. The normalized spacial score (nSPS) is 24.1. The molecule has 0 atom stereocenters. The number of aryl methyl sites for hydroxylation is 1. The van der Waals surface area contributed by atoms with Crippen LogP contribution in [0.5, 0.6) is 0 Å². The molecule has 1 saturated carbocycles. The fourth-order valence-electron chi connectivity index (χ4n) is 3.02. The molecule has 1 nitrogen and oxygen atoms in total. The van der Waals surface area contributed by atoms with Gasteiger partial charge in [-0.2, -0.15) is 0 Å². The van der Waals surface area contributed by atoms with Gasteiger partial charge >= 0.3 is 0 Å². The lowest BCUT2D eigenvalue weighted by Gasteiger charge is -2.26. The molecule has 0 heterocycles. The van der Waals surface area contributed by atoms with E-state index in [-0.39, 0.29) is 0 Å². The number of unbranched alkanes of at least 4 members (excludes halogenated alkanes) is 1. The molecule has 1 aromatic rings. The predicted molar refractivity (Wildman–Crippen MR) is 78.8 cm³/mol. The van der Waals surface area contributed by atoms with Gasteiger partial charge < -0.3 is 5.73 Å². The van der Waals surface area contributed by atoms with E-state index in [9.17, 15) is 0 Å². The Kier molecular flexibility index (Phi) is 5.25. The highest BCUT2D eigenvalue weighted by Gasteiger charge is 2.19. The summed E-state index contributed by atoms with van der Waals surface area (Å²) in [5, 5.41) is 0. The topological polar surface area (TPSA) is 26.0 Å². The van der Waals surface area contributed by atoms with E-state index in [0.29, 0.717) is 0 Å². The third-order valence-corrected chi connectivity index (χ3v) is 4.39. The monoisotopic (exact) mass is 245 g/mol. The fraction of sp³-hybridized carbons (Fsp3) is 0.647. The van der Waals surface area contributed by atoms with Crippen molar-refractivity contribution in [1.29, 1.82) is 0 Å². The standard InChI is InChI=1S/C17H27N/c1-14-5-9-16(10-6-14)17-11-7-15(8-12-17)4-2-3-13-18/h7-8,11-12,14,16H,2-6,9-10,13,18H2,1H3. The Morgan fingerprint density at radius 3 is 2.28 bits per heavy atom. The van der Waals surface area contributed by atoms with Crippen molar-refractivity contribution >= 4 is 0 Å². The maximum atomic E-state index is 5.53. The summed E-state index contributed by atoms with van der Waals surface area (Å²) in [6.45, 7) is 3.20. The fourth-order valence-corrected chi connectivity index (χ4v) is 3.02. The van der Waals surface area contributed by atoms with Crippen LogP contribution in [-0.4, -0.2) is 6.54 Å². The molecule has 0 aliphatic heterocycles. The molecule has 100 valence electrons. The minimum Gasteiger partial charge on any atom is -0.330 e. The predicted octanol–water partition coefficient (Wildman–Crippen LogP) is 4.26. The van der Waals surface area contributed by atoms with Crippen molar-refractivity contribution in [2.24, 2.45) is 11.7 Å². The SMILES string of the molecule is CC1CCC(c2ccc(CCCCN)cc2)CC1. The average molecular weight is 245 g/mol. The zero-order valence-electron chi connectivity index (χ0n) is 11.7. The third kappa shape index (κ3) is 3.84. The lowest BCUT2D eigenvalue weighted by molar-refractivity contribution is 0.348. The quantitative estimate of drug-likeness (QED) is 0.771. The summed E-state index contributed by atoms with van der Waals surface area (Å²) in [7, 11) is 0. The molecule has 18 heavy (non-hydrogen) atoms. The minimum atomic E-state index is 0.818. The Balaban J connectivity index is 1.87. The van der Waals surface area contributed by atoms with Crippen LogP contribution in [0, 0.1) is 5.92 Å². The molecular formula is C17H27N. The molecule has 1 aliphatic rings.